The van der Waals surface area contributed by atoms with Crippen LogP contribution in [0.15, 0.2) is 77.7 Å². The van der Waals surface area contributed by atoms with Gasteiger partial charge >= 0.3 is 0 Å². The molecule has 0 saturated heterocycles. The molecule has 0 aliphatic rings. The number of hydrogen-bond acceptors (Lipinski definition) is 5. The number of hydrogen-bond donors (Lipinski definition) is 1. The van der Waals surface area contributed by atoms with Gasteiger partial charge in [0.2, 0.25) is 11.8 Å². The van der Waals surface area contributed by atoms with Crippen molar-refractivity contribution >= 4 is 50.7 Å². The molecule has 3 aromatic carbocycles. The van der Waals surface area contributed by atoms with Crippen molar-refractivity contribution < 1.29 is 22.7 Å². The molecule has 0 bridgehead atoms. The van der Waals surface area contributed by atoms with E-state index in [2.05, 4.69) is 5.32 Å². The number of methoxy groups -OCH3 is 1. The third-order valence-corrected chi connectivity index (χ3v) is 8.75. The lowest BCUT2D eigenvalue weighted by atomic mass is 10.1. The molecule has 8 nitrogen and oxygen atoms in total. The number of halogens is 2. The van der Waals surface area contributed by atoms with Gasteiger partial charge in [-0.25, -0.2) is 8.42 Å². The Kier molecular flexibility index (Phi) is 11.2. The number of amides is 2. The van der Waals surface area contributed by atoms with E-state index in [1.807, 2.05) is 6.92 Å². The SMILES string of the molecule is CCCNC(=O)[C@@H](CC)N(Cc1ccc(Cl)c(Cl)c1)C(=O)CN(c1ccccc1OC)S(=O)(=O)c1ccccc1. The van der Waals surface area contributed by atoms with Gasteiger partial charge in [0, 0.05) is 13.1 Å². The molecule has 0 heterocycles. The summed E-state index contributed by atoms with van der Waals surface area (Å²) in [5.41, 5.74) is 0.833. The van der Waals surface area contributed by atoms with E-state index in [0.717, 1.165) is 10.7 Å². The summed E-state index contributed by atoms with van der Waals surface area (Å²) in [6.45, 7) is 3.61. The van der Waals surface area contributed by atoms with E-state index in [9.17, 15) is 18.0 Å². The molecule has 3 aromatic rings. The van der Waals surface area contributed by atoms with Gasteiger partial charge in [0.25, 0.3) is 10.0 Å². The first-order chi connectivity index (χ1) is 19.1. The van der Waals surface area contributed by atoms with E-state index in [4.69, 9.17) is 27.9 Å². The third-order valence-electron chi connectivity index (χ3n) is 6.24. The predicted molar refractivity (Wildman–Crippen MR) is 158 cm³/mol. The molecule has 11 heteroatoms. The Morgan fingerprint density at radius 1 is 0.950 bits per heavy atom. The van der Waals surface area contributed by atoms with Crippen LogP contribution in [-0.2, 0) is 26.2 Å². The number of nitrogens with one attached hydrogen (secondary N) is 1. The molecule has 2 amide bonds. The number of para-hydroxylation sites is 2. The summed E-state index contributed by atoms with van der Waals surface area (Å²) in [5, 5.41) is 3.51. The molecular formula is C29H33Cl2N3O5S. The van der Waals surface area contributed by atoms with Crippen molar-refractivity contribution in [3.8, 4) is 5.75 Å². The zero-order chi connectivity index (χ0) is 29.3. The molecule has 0 aromatic heterocycles. The van der Waals surface area contributed by atoms with Crippen molar-refractivity contribution in [3.63, 3.8) is 0 Å². The maximum Gasteiger partial charge on any atom is 0.264 e. The van der Waals surface area contributed by atoms with Gasteiger partial charge in [-0.3, -0.25) is 13.9 Å². The van der Waals surface area contributed by atoms with Gasteiger partial charge < -0.3 is 15.0 Å². The first kappa shape index (κ1) is 31.3. The van der Waals surface area contributed by atoms with E-state index in [1.165, 1.54) is 24.1 Å². The molecule has 214 valence electrons. The zero-order valence-corrected chi connectivity index (χ0v) is 25.0. The molecule has 0 aliphatic carbocycles. The average molecular weight is 607 g/mol. The highest BCUT2D eigenvalue weighted by molar-refractivity contribution is 7.92. The Balaban J connectivity index is 2.09. The van der Waals surface area contributed by atoms with Crippen molar-refractivity contribution in [2.24, 2.45) is 0 Å². The molecule has 0 fully saturated rings. The van der Waals surface area contributed by atoms with Crippen LogP contribution in [0.1, 0.15) is 32.3 Å². The second-order valence-electron chi connectivity index (χ2n) is 8.98. The van der Waals surface area contributed by atoms with Crippen molar-refractivity contribution in [3.05, 3.63) is 88.4 Å². The summed E-state index contributed by atoms with van der Waals surface area (Å²) < 4.78 is 34.3. The summed E-state index contributed by atoms with van der Waals surface area (Å²) in [6, 6.07) is 18.5. The molecule has 0 spiro atoms. The Morgan fingerprint density at radius 2 is 1.62 bits per heavy atom. The van der Waals surface area contributed by atoms with Gasteiger partial charge in [-0.2, -0.15) is 0 Å². The standard InChI is InChI=1S/C29H33Cl2N3O5S/c1-4-17-32-29(36)25(5-2)33(19-21-15-16-23(30)24(31)18-21)28(35)20-34(26-13-9-10-14-27(26)39-3)40(37,38)22-11-7-6-8-12-22/h6-16,18,25H,4-5,17,19-20H2,1-3H3,(H,32,36)/t25-/m1/s1. The largest absolute Gasteiger partial charge is 0.495 e. The smallest absolute Gasteiger partial charge is 0.264 e. The van der Waals surface area contributed by atoms with Crippen LogP contribution in [-0.4, -0.2) is 51.4 Å². The van der Waals surface area contributed by atoms with Crippen LogP contribution in [0.25, 0.3) is 0 Å². The lowest BCUT2D eigenvalue weighted by Gasteiger charge is -2.33. The number of ether oxygens (including phenoxy) is 1. The van der Waals surface area contributed by atoms with Crippen molar-refractivity contribution in [1.82, 2.24) is 10.2 Å². The van der Waals surface area contributed by atoms with Gasteiger partial charge in [0.05, 0.1) is 27.7 Å². The fourth-order valence-electron chi connectivity index (χ4n) is 4.19. The van der Waals surface area contributed by atoms with Crippen LogP contribution >= 0.6 is 23.2 Å². The van der Waals surface area contributed by atoms with Gasteiger partial charge in [0.1, 0.15) is 18.3 Å². The Hall–Kier alpha value is -3.27. The van der Waals surface area contributed by atoms with E-state index in [1.54, 1.807) is 67.6 Å². The second-order valence-corrected chi connectivity index (χ2v) is 11.7. The predicted octanol–water partition coefficient (Wildman–Crippen LogP) is 5.53. The van der Waals surface area contributed by atoms with Gasteiger partial charge in [-0.05, 0) is 54.8 Å². The number of rotatable bonds is 13. The van der Waals surface area contributed by atoms with E-state index in [-0.39, 0.29) is 28.8 Å². The number of carbonyl (C=O) groups is 2. The lowest BCUT2D eigenvalue weighted by Crippen LogP contribution is -2.52. The minimum absolute atomic E-state index is 0.0115. The Labute approximate surface area is 245 Å². The second kappa shape index (κ2) is 14.4. The fourth-order valence-corrected chi connectivity index (χ4v) is 5.96. The van der Waals surface area contributed by atoms with Crippen molar-refractivity contribution in [1.29, 1.82) is 0 Å². The summed E-state index contributed by atoms with van der Waals surface area (Å²) in [7, 11) is -2.77. The van der Waals surface area contributed by atoms with Gasteiger partial charge in [-0.15, -0.1) is 0 Å². The van der Waals surface area contributed by atoms with Crippen LogP contribution in [0.4, 0.5) is 5.69 Å². The number of carbonyl (C=O) groups excluding carboxylic acids is 2. The number of sulfonamides is 1. The Bertz CT molecular complexity index is 1420. The maximum atomic E-state index is 14.1. The quantitative estimate of drug-likeness (QED) is 0.276. The zero-order valence-electron chi connectivity index (χ0n) is 22.6. The first-order valence-electron chi connectivity index (χ1n) is 12.9. The Morgan fingerprint density at radius 3 is 2.25 bits per heavy atom. The molecule has 0 saturated carbocycles. The molecule has 0 aliphatic heterocycles. The molecule has 0 unspecified atom stereocenters. The molecule has 3 rings (SSSR count). The summed E-state index contributed by atoms with van der Waals surface area (Å²) >= 11 is 12.3. The topological polar surface area (TPSA) is 96.0 Å². The molecule has 1 N–H and O–H groups in total. The molecule has 40 heavy (non-hydrogen) atoms. The van der Waals surface area contributed by atoms with E-state index in [0.29, 0.717) is 28.6 Å². The normalized spacial score (nSPS) is 11.9. The summed E-state index contributed by atoms with van der Waals surface area (Å²) in [6.07, 6.45) is 1.03. The van der Waals surface area contributed by atoms with Gasteiger partial charge in [0.15, 0.2) is 0 Å². The van der Waals surface area contributed by atoms with Crippen LogP contribution in [0.2, 0.25) is 10.0 Å². The number of anilines is 1. The highest BCUT2D eigenvalue weighted by Crippen LogP contribution is 2.32. The summed E-state index contributed by atoms with van der Waals surface area (Å²) in [4.78, 5) is 28.6. The van der Waals surface area contributed by atoms with Gasteiger partial charge in [-0.1, -0.05) is 73.4 Å². The molecule has 0 radical (unpaired) electrons. The monoisotopic (exact) mass is 605 g/mol. The van der Waals surface area contributed by atoms with Crippen molar-refractivity contribution in [2.45, 2.75) is 44.2 Å². The third kappa shape index (κ3) is 7.47. The first-order valence-corrected chi connectivity index (χ1v) is 15.1. The molecular weight excluding hydrogens is 573 g/mol. The minimum Gasteiger partial charge on any atom is -0.495 e. The summed E-state index contributed by atoms with van der Waals surface area (Å²) in [5.74, 6) is -0.624. The van der Waals surface area contributed by atoms with Crippen molar-refractivity contribution in [2.75, 3.05) is 24.5 Å². The highest BCUT2D eigenvalue weighted by Gasteiger charge is 2.34. The lowest BCUT2D eigenvalue weighted by molar-refractivity contribution is -0.140. The minimum atomic E-state index is -4.20. The highest BCUT2D eigenvalue weighted by atomic mass is 35.5. The van der Waals surface area contributed by atoms with Crippen LogP contribution in [0, 0.1) is 0 Å². The van der Waals surface area contributed by atoms with Crippen LogP contribution in [0.5, 0.6) is 5.75 Å². The fraction of sp³-hybridized carbons (Fsp3) is 0.310. The number of nitrogens with zero attached hydrogens (tertiary/aromatic N) is 2. The number of benzene rings is 3. The molecule has 1 atom stereocenters. The van der Waals surface area contributed by atoms with E-state index >= 15 is 0 Å². The van der Waals surface area contributed by atoms with Crippen LogP contribution < -0.4 is 14.4 Å². The average Bonchev–Trinajstić information content (AvgIpc) is 2.96. The van der Waals surface area contributed by atoms with E-state index < -0.39 is 28.5 Å². The van der Waals surface area contributed by atoms with Crippen LogP contribution in [0.3, 0.4) is 0 Å². The maximum absolute atomic E-state index is 14.1.